The molecule has 82 valence electrons. The van der Waals surface area contributed by atoms with Crippen molar-refractivity contribution in [3.8, 4) is 5.75 Å². The SMILES string of the molecule is O=[N+]([O-])c1cc(F)c(F)c(OC(F)F)c1. The van der Waals surface area contributed by atoms with E-state index in [9.17, 15) is 27.7 Å². The van der Waals surface area contributed by atoms with Crippen LogP contribution in [0.15, 0.2) is 12.1 Å². The van der Waals surface area contributed by atoms with E-state index in [1.807, 2.05) is 0 Å². The van der Waals surface area contributed by atoms with Crippen LogP contribution in [0.2, 0.25) is 0 Å². The molecule has 0 amide bonds. The molecule has 0 aliphatic carbocycles. The summed E-state index contributed by atoms with van der Waals surface area (Å²) in [5.74, 6) is -4.52. The molecule has 0 N–H and O–H groups in total. The van der Waals surface area contributed by atoms with E-state index in [2.05, 4.69) is 4.74 Å². The molecule has 1 aromatic rings. The first-order chi connectivity index (χ1) is 6.91. The predicted molar refractivity (Wildman–Crippen MR) is 39.6 cm³/mol. The van der Waals surface area contributed by atoms with Gasteiger partial charge in [0, 0.05) is 0 Å². The molecule has 0 saturated carbocycles. The van der Waals surface area contributed by atoms with Crippen molar-refractivity contribution in [2.24, 2.45) is 0 Å². The van der Waals surface area contributed by atoms with Crippen LogP contribution >= 0.6 is 0 Å². The highest BCUT2D eigenvalue weighted by molar-refractivity contribution is 5.40. The molecule has 1 rings (SSSR count). The van der Waals surface area contributed by atoms with Crippen molar-refractivity contribution in [3.63, 3.8) is 0 Å². The summed E-state index contributed by atoms with van der Waals surface area (Å²) in [6, 6.07) is 0.651. The number of nitrogens with zero attached hydrogens (tertiary/aromatic N) is 1. The fraction of sp³-hybridized carbons (Fsp3) is 0.143. The smallest absolute Gasteiger partial charge is 0.387 e. The van der Waals surface area contributed by atoms with E-state index >= 15 is 0 Å². The topological polar surface area (TPSA) is 52.4 Å². The molecule has 0 aliphatic rings. The van der Waals surface area contributed by atoms with Gasteiger partial charge in [-0.15, -0.1) is 0 Å². The van der Waals surface area contributed by atoms with Gasteiger partial charge in [0.1, 0.15) is 0 Å². The van der Waals surface area contributed by atoms with E-state index in [4.69, 9.17) is 0 Å². The fourth-order valence-electron chi connectivity index (χ4n) is 0.837. The van der Waals surface area contributed by atoms with Gasteiger partial charge in [-0.2, -0.15) is 13.2 Å². The van der Waals surface area contributed by atoms with Crippen molar-refractivity contribution in [1.82, 2.24) is 0 Å². The molecule has 0 aromatic heterocycles. The number of hydrogen-bond donors (Lipinski definition) is 0. The summed E-state index contributed by atoms with van der Waals surface area (Å²) < 4.78 is 52.3. The molecule has 0 heterocycles. The minimum absolute atomic E-state index is 0.271. The highest BCUT2D eigenvalue weighted by atomic mass is 19.3. The number of nitro benzene ring substituents is 1. The summed E-state index contributed by atoms with van der Waals surface area (Å²) in [5.41, 5.74) is -0.871. The molecule has 15 heavy (non-hydrogen) atoms. The lowest BCUT2D eigenvalue weighted by atomic mass is 10.3. The second-order valence-corrected chi connectivity index (χ2v) is 2.38. The van der Waals surface area contributed by atoms with Gasteiger partial charge in [0.25, 0.3) is 5.69 Å². The standard InChI is InChI=1S/C7H3F4NO3/c8-4-1-3(12(13)14)2-5(6(4)9)15-7(10)11/h1-2,7H. The van der Waals surface area contributed by atoms with Crippen molar-refractivity contribution in [2.75, 3.05) is 0 Å². The number of hydrogen-bond acceptors (Lipinski definition) is 3. The number of benzene rings is 1. The van der Waals surface area contributed by atoms with Crippen molar-refractivity contribution in [1.29, 1.82) is 0 Å². The lowest BCUT2D eigenvalue weighted by Crippen LogP contribution is -2.05. The lowest BCUT2D eigenvalue weighted by molar-refractivity contribution is -0.385. The zero-order chi connectivity index (χ0) is 11.6. The third-order valence-corrected chi connectivity index (χ3v) is 1.41. The molecule has 0 radical (unpaired) electrons. The van der Waals surface area contributed by atoms with Gasteiger partial charge in [-0.3, -0.25) is 10.1 Å². The van der Waals surface area contributed by atoms with Gasteiger partial charge >= 0.3 is 6.61 Å². The van der Waals surface area contributed by atoms with Crippen molar-refractivity contribution >= 4 is 5.69 Å². The minimum Gasteiger partial charge on any atom is -0.431 e. The van der Waals surface area contributed by atoms with Crippen LogP contribution in [0.25, 0.3) is 0 Å². The number of alkyl halides is 2. The van der Waals surface area contributed by atoms with Gasteiger partial charge in [-0.1, -0.05) is 0 Å². The lowest BCUT2D eigenvalue weighted by Gasteiger charge is -2.05. The Kier molecular flexibility index (Phi) is 3.08. The second kappa shape index (κ2) is 4.11. The van der Waals surface area contributed by atoms with Gasteiger partial charge in [0.15, 0.2) is 11.6 Å². The van der Waals surface area contributed by atoms with Crippen LogP contribution in [0, 0.1) is 21.7 Å². The monoisotopic (exact) mass is 225 g/mol. The molecule has 0 saturated heterocycles. The van der Waals surface area contributed by atoms with E-state index in [-0.39, 0.29) is 6.07 Å². The molecule has 0 bridgehead atoms. The number of halogens is 4. The van der Waals surface area contributed by atoms with Gasteiger partial charge in [0.05, 0.1) is 17.1 Å². The summed E-state index contributed by atoms with van der Waals surface area (Å²) in [7, 11) is 0. The van der Waals surface area contributed by atoms with Crippen LogP contribution in [-0.4, -0.2) is 11.5 Å². The number of nitro groups is 1. The Morgan fingerprint density at radius 2 is 1.93 bits per heavy atom. The maximum atomic E-state index is 12.7. The summed E-state index contributed by atoms with van der Waals surface area (Å²) in [4.78, 5) is 9.12. The summed E-state index contributed by atoms with van der Waals surface area (Å²) in [6.45, 7) is -3.39. The Bertz CT molecular complexity index is 396. The van der Waals surface area contributed by atoms with Crippen molar-refractivity contribution in [3.05, 3.63) is 33.9 Å². The van der Waals surface area contributed by atoms with Crippen LogP contribution < -0.4 is 4.74 Å². The summed E-state index contributed by atoms with van der Waals surface area (Å²) >= 11 is 0. The summed E-state index contributed by atoms with van der Waals surface area (Å²) in [5, 5.41) is 10.2. The average molecular weight is 225 g/mol. The van der Waals surface area contributed by atoms with E-state index in [0.717, 1.165) is 0 Å². The minimum atomic E-state index is -3.39. The van der Waals surface area contributed by atoms with E-state index < -0.39 is 34.6 Å². The van der Waals surface area contributed by atoms with Crippen LogP contribution in [0.5, 0.6) is 5.75 Å². The maximum absolute atomic E-state index is 12.7. The average Bonchev–Trinajstić information content (AvgIpc) is 2.11. The fourth-order valence-corrected chi connectivity index (χ4v) is 0.837. The highest BCUT2D eigenvalue weighted by Crippen LogP contribution is 2.27. The Labute approximate surface area is 80.2 Å². The molecule has 0 atom stereocenters. The third kappa shape index (κ3) is 2.55. The van der Waals surface area contributed by atoms with Gasteiger partial charge < -0.3 is 4.74 Å². The Morgan fingerprint density at radius 1 is 1.33 bits per heavy atom. The second-order valence-electron chi connectivity index (χ2n) is 2.38. The highest BCUT2D eigenvalue weighted by Gasteiger charge is 2.20. The van der Waals surface area contributed by atoms with E-state index in [0.29, 0.717) is 6.07 Å². The quantitative estimate of drug-likeness (QED) is 0.451. The van der Waals surface area contributed by atoms with Gasteiger partial charge in [0.2, 0.25) is 5.82 Å². The number of non-ortho nitro benzene ring substituents is 1. The summed E-state index contributed by atoms with van der Waals surface area (Å²) in [6.07, 6.45) is 0. The Morgan fingerprint density at radius 3 is 2.40 bits per heavy atom. The molecule has 8 heteroatoms. The largest absolute Gasteiger partial charge is 0.431 e. The predicted octanol–water partition coefficient (Wildman–Crippen LogP) is 2.47. The van der Waals surface area contributed by atoms with Crippen LogP contribution in [0.1, 0.15) is 0 Å². The van der Waals surface area contributed by atoms with Crippen LogP contribution in [0.4, 0.5) is 23.2 Å². The third-order valence-electron chi connectivity index (χ3n) is 1.41. The first kappa shape index (κ1) is 11.2. The van der Waals surface area contributed by atoms with Crippen LogP contribution in [-0.2, 0) is 0 Å². The number of ether oxygens (including phenoxy) is 1. The zero-order valence-corrected chi connectivity index (χ0v) is 6.92. The Balaban J connectivity index is 3.19. The Hall–Kier alpha value is -1.86. The number of rotatable bonds is 3. The van der Waals surface area contributed by atoms with E-state index in [1.54, 1.807) is 0 Å². The van der Waals surface area contributed by atoms with Crippen molar-refractivity contribution in [2.45, 2.75) is 6.61 Å². The zero-order valence-electron chi connectivity index (χ0n) is 6.92. The first-order valence-corrected chi connectivity index (χ1v) is 3.50. The molecule has 4 nitrogen and oxygen atoms in total. The molecule has 0 unspecified atom stereocenters. The van der Waals surface area contributed by atoms with Crippen molar-refractivity contribution < 1.29 is 27.2 Å². The molecular formula is C7H3F4NO3. The first-order valence-electron chi connectivity index (χ1n) is 3.50. The van der Waals surface area contributed by atoms with Gasteiger partial charge in [-0.05, 0) is 0 Å². The molecule has 0 aliphatic heterocycles. The van der Waals surface area contributed by atoms with E-state index in [1.165, 1.54) is 0 Å². The molecule has 1 aromatic carbocycles. The van der Waals surface area contributed by atoms with Crippen LogP contribution in [0.3, 0.4) is 0 Å². The normalized spacial score (nSPS) is 10.5. The maximum Gasteiger partial charge on any atom is 0.387 e. The molecule has 0 spiro atoms. The van der Waals surface area contributed by atoms with Gasteiger partial charge in [-0.25, -0.2) is 4.39 Å². The molecular weight excluding hydrogens is 222 g/mol. The molecule has 0 fully saturated rings.